The van der Waals surface area contributed by atoms with Gasteiger partial charge in [0.2, 0.25) is 0 Å². The number of pyridine rings is 1. The van der Waals surface area contributed by atoms with E-state index in [0.717, 1.165) is 16.2 Å². The maximum Gasteiger partial charge on any atom is 0.178 e. The van der Waals surface area contributed by atoms with Crippen LogP contribution in [0, 0.1) is 0 Å². The number of ketones is 1. The third-order valence-electron chi connectivity index (χ3n) is 4.80. The molecule has 0 atom stereocenters. The smallest absolute Gasteiger partial charge is 0.178 e. The fraction of sp³-hybridized carbons (Fsp3) is 0.217. The predicted octanol–water partition coefficient (Wildman–Crippen LogP) is 5.93. The van der Waals surface area contributed by atoms with Gasteiger partial charge in [0, 0.05) is 35.2 Å². The first-order valence-electron chi connectivity index (χ1n) is 9.55. The van der Waals surface area contributed by atoms with Crippen LogP contribution in [-0.4, -0.2) is 31.2 Å². The standard InChI is InChI=1S/C23H21Cl2NO3S2/c1-3-31(28,29)20-8-4-16(5-9-20)23-21(24)11-15(12-22(23)25)10-18(27)13-17-6-7-19(30-2)14-26-17/h4-9,11-12,14H,3,10,13H2,1-2H3. The zero-order valence-corrected chi connectivity index (χ0v) is 20.2. The predicted molar refractivity (Wildman–Crippen MR) is 128 cm³/mol. The number of hydrogen-bond acceptors (Lipinski definition) is 5. The van der Waals surface area contributed by atoms with Crippen LogP contribution in [-0.2, 0) is 27.5 Å². The van der Waals surface area contributed by atoms with Gasteiger partial charge in [0.15, 0.2) is 9.84 Å². The van der Waals surface area contributed by atoms with Crippen LogP contribution < -0.4 is 0 Å². The number of thioether (sulfide) groups is 1. The Morgan fingerprint density at radius 2 is 1.65 bits per heavy atom. The largest absolute Gasteiger partial charge is 0.299 e. The molecule has 0 N–H and O–H groups in total. The van der Waals surface area contributed by atoms with Gasteiger partial charge < -0.3 is 0 Å². The van der Waals surface area contributed by atoms with Crippen molar-refractivity contribution in [3.05, 3.63) is 76.0 Å². The first kappa shape index (κ1) is 23.8. The Morgan fingerprint density at radius 3 is 2.16 bits per heavy atom. The molecule has 0 aliphatic heterocycles. The van der Waals surface area contributed by atoms with Crippen LogP contribution in [0.2, 0.25) is 10.0 Å². The SMILES string of the molecule is CCS(=O)(=O)c1ccc(-c2c(Cl)cc(CC(=O)Cc3ccc(SC)cn3)cc2Cl)cc1. The second-order valence-electron chi connectivity index (χ2n) is 6.94. The summed E-state index contributed by atoms with van der Waals surface area (Å²) in [4.78, 5) is 18.1. The van der Waals surface area contributed by atoms with E-state index < -0.39 is 9.84 Å². The molecule has 0 spiro atoms. The second-order valence-corrected chi connectivity index (χ2v) is 10.9. The number of halogens is 2. The van der Waals surface area contributed by atoms with E-state index in [2.05, 4.69) is 4.98 Å². The Balaban J connectivity index is 1.77. The number of carbonyl (C=O) groups excluding carboxylic acids is 1. The van der Waals surface area contributed by atoms with Gasteiger partial charge in [0.25, 0.3) is 0 Å². The highest BCUT2D eigenvalue weighted by atomic mass is 35.5. The van der Waals surface area contributed by atoms with Crippen molar-refractivity contribution in [3.63, 3.8) is 0 Å². The molecule has 0 radical (unpaired) electrons. The molecule has 3 rings (SSSR count). The van der Waals surface area contributed by atoms with Crippen molar-refractivity contribution < 1.29 is 13.2 Å². The van der Waals surface area contributed by atoms with Crippen molar-refractivity contribution in [3.8, 4) is 11.1 Å². The molecule has 0 amide bonds. The summed E-state index contributed by atoms with van der Waals surface area (Å²) in [7, 11) is -3.28. The fourth-order valence-electron chi connectivity index (χ4n) is 3.13. The number of sulfone groups is 1. The van der Waals surface area contributed by atoms with Gasteiger partial charge in [-0.05, 0) is 53.8 Å². The molecular formula is C23H21Cl2NO3S2. The monoisotopic (exact) mass is 493 g/mol. The van der Waals surface area contributed by atoms with Gasteiger partial charge in [0.05, 0.1) is 20.7 Å². The van der Waals surface area contributed by atoms with Crippen LogP contribution in [0.3, 0.4) is 0 Å². The quantitative estimate of drug-likeness (QED) is 0.364. The molecule has 1 aromatic heterocycles. The summed E-state index contributed by atoms with van der Waals surface area (Å²) in [5.41, 5.74) is 2.75. The minimum atomic E-state index is -3.28. The van der Waals surface area contributed by atoms with E-state index in [1.54, 1.807) is 61.3 Å². The number of aromatic nitrogens is 1. The molecular weight excluding hydrogens is 473 g/mol. The summed E-state index contributed by atoms with van der Waals surface area (Å²) in [6.45, 7) is 1.60. The molecule has 0 fully saturated rings. The van der Waals surface area contributed by atoms with E-state index in [4.69, 9.17) is 23.2 Å². The highest BCUT2D eigenvalue weighted by molar-refractivity contribution is 7.98. The molecule has 3 aromatic rings. The van der Waals surface area contributed by atoms with Gasteiger partial charge in [0.1, 0.15) is 5.78 Å². The van der Waals surface area contributed by atoms with E-state index >= 15 is 0 Å². The Hall–Kier alpha value is -1.86. The molecule has 8 heteroatoms. The lowest BCUT2D eigenvalue weighted by molar-refractivity contribution is -0.117. The normalized spacial score (nSPS) is 11.5. The van der Waals surface area contributed by atoms with Gasteiger partial charge in [-0.15, -0.1) is 11.8 Å². The summed E-state index contributed by atoms with van der Waals surface area (Å²) in [5.74, 6) is 0.0479. The van der Waals surface area contributed by atoms with Gasteiger partial charge in [-0.3, -0.25) is 9.78 Å². The zero-order chi connectivity index (χ0) is 22.6. The molecule has 0 bridgehead atoms. The first-order valence-corrected chi connectivity index (χ1v) is 13.2. The maximum absolute atomic E-state index is 12.5. The van der Waals surface area contributed by atoms with E-state index in [9.17, 15) is 13.2 Å². The van der Waals surface area contributed by atoms with Crippen molar-refractivity contribution in [2.24, 2.45) is 0 Å². The highest BCUT2D eigenvalue weighted by Gasteiger charge is 2.15. The number of benzene rings is 2. The highest BCUT2D eigenvalue weighted by Crippen LogP contribution is 2.36. The molecule has 0 saturated heterocycles. The average Bonchev–Trinajstić information content (AvgIpc) is 2.74. The number of carbonyl (C=O) groups is 1. The fourth-order valence-corrected chi connectivity index (χ4v) is 5.12. The number of Topliss-reactive ketones (excluding diaryl/α,β-unsaturated/α-hetero) is 1. The summed E-state index contributed by atoms with van der Waals surface area (Å²) < 4.78 is 24.0. The average molecular weight is 494 g/mol. The Bertz CT molecular complexity index is 1170. The summed E-state index contributed by atoms with van der Waals surface area (Å²) >= 11 is 14.5. The van der Waals surface area contributed by atoms with Crippen molar-refractivity contribution in [1.29, 1.82) is 0 Å². The van der Waals surface area contributed by atoms with Crippen molar-refractivity contribution in [1.82, 2.24) is 4.98 Å². The number of hydrogen-bond donors (Lipinski definition) is 0. The van der Waals surface area contributed by atoms with E-state index in [0.29, 0.717) is 21.2 Å². The Labute approximate surface area is 196 Å². The number of rotatable bonds is 8. The van der Waals surface area contributed by atoms with Crippen LogP contribution in [0.5, 0.6) is 0 Å². The van der Waals surface area contributed by atoms with Crippen LogP contribution in [0.25, 0.3) is 11.1 Å². The Kier molecular flexibility index (Phi) is 7.81. The lowest BCUT2D eigenvalue weighted by atomic mass is 10.0. The zero-order valence-electron chi connectivity index (χ0n) is 17.1. The van der Waals surface area contributed by atoms with Crippen LogP contribution in [0.1, 0.15) is 18.2 Å². The van der Waals surface area contributed by atoms with Gasteiger partial charge in [-0.1, -0.05) is 42.3 Å². The summed E-state index contributed by atoms with van der Waals surface area (Å²) in [6, 6.07) is 13.7. The van der Waals surface area contributed by atoms with Crippen LogP contribution in [0.15, 0.2) is 64.5 Å². The van der Waals surface area contributed by atoms with Crippen molar-refractivity contribution in [2.75, 3.05) is 12.0 Å². The third-order valence-corrected chi connectivity index (χ3v) is 7.86. The second kappa shape index (κ2) is 10.2. The lowest BCUT2D eigenvalue weighted by Crippen LogP contribution is -2.08. The first-order chi connectivity index (χ1) is 14.7. The van der Waals surface area contributed by atoms with E-state index in [1.165, 1.54) is 0 Å². The molecule has 1 heterocycles. The molecule has 4 nitrogen and oxygen atoms in total. The molecule has 31 heavy (non-hydrogen) atoms. The van der Waals surface area contributed by atoms with E-state index in [1.807, 2.05) is 18.4 Å². The molecule has 0 aliphatic carbocycles. The summed E-state index contributed by atoms with van der Waals surface area (Å²) in [5, 5.41) is 0.813. The van der Waals surface area contributed by atoms with Crippen LogP contribution in [0.4, 0.5) is 0 Å². The molecule has 0 aliphatic rings. The minimum absolute atomic E-state index is 0.0124. The Morgan fingerprint density at radius 1 is 1.00 bits per heavy atom. The molecule has 0 unspecified atom stereocenters. The molecule has 2 aromatic carbocycles. The van der Waals surface area contributed by atoms with E-state index in [-0.39, 0.29) is 29.3 Å². The van der Waals surface area contributed by atoms with Gasteiger partial charge in [-0.2, -0.15) is 0 Å². The van der Waals surface area contributed by atoms with Gasteiger partial charge >= 0.3 is 0 Å². The van der Waals surface area contributed by atoms with Crippen LogP contribution >= 0.6 is 35.0 Å². The topological polar surface area (TPSA) is 64.1 Å². The van der Waals surface area contributed by atoms with Crippen molar-refractivity contribution >= 4 is 50.6 Å². The van der Waals surface area contributed by atoms with Gasteiger partial charge in [-0.25, -0.2) is 8.42 Å². The minimum Gasteiger partial charge on any atom is -0.299 e. The third kappa shape index (κ3) is 5.89. The number of nitrogens with zero attached hydrogens (tertiary/aromatic N) is 1. The molecule has 0 saturated carbocycles. The molecule has 162 valence electrons. The lowest BCUT2D eigenvalue weighted by Gasteiger charge is -2.11. The maximum atomic E-state index is 12.5. The summed E-state index contributed by atoms with van der Waals surface area (Å²) in [6.07, 6.45) is 4.16. The van der Waals surface area contributed by atoms with Crippen molar-refractivity contribution in [2.45, 2.75) is 29.6 Å².